The van der Waals surface area contributed by atoms with Gasteiger partial charge < -0.3 is 8.92 Å². The first kappa shape index (κ1) is 7.75. The van der Waals surface area contributed by atoms with Gasteiger partial charge in [0.2, 0.25) is 0 Å². The van der Waals surface area contributed by atoms with Crippen LogP contribution >= 0.6 is 0 Å². The Labute approximate surface area is 75.1 Å². The van der Waals surface area contributed by atoms with Crippen molar-refractivity contribution in [2.45, 2.75) is 30.3 Å². The Kier molecular flexibility index (Phi) is 1.23. The molecular weight excluding hydrogens is 196 g/mol. The molecule has 3 aliphatic rings. The third-order valence-electron chi connectivity index (χ3n) is 3.01. The molecule has 0 radical (unpaired) electrons. The highest BCUT2D eigenvalue weighted by Gasteiger charge is 2.64. The second-order valence-electron chi connectivity index (χ2n) is 3.68. The summed E-state index contributed by atoms with van der Waals surface area (Å²) < 4.78 is 32.4. The van der Waals surface area contributed by atoms with E-state index < -0.39 is 27.3 Å². The lowest BCUT2D eigenvalue weighted by Gasteiger charge is -2.13. The molecule has 3 saturated heterocycles. The van der Waals surface area contributed by atoms with Crippen molar-refractivity contribution in [3.8, 4) is 0 Å². The topological polar surface area (TPSA) is 69.7 Å². The zero-order valence-corrected chi connectivity index (χ0v) is 7.49. The molecule has 0 N–H and O–H groups in total. The van der Waals surface area contributed by atoms with E-state index in [4.69, 9.17) is 4.74 Å². The van der Waals surface area contributed by atoms with Crippen LogP contribution in [-0.2, 0) is 23.8 Å². The fraction of sp³-hybridized carbons (Fsp3) is 0.857. The van der Waals surface area contributed by atoms with Gasteiger partial charge in [-0.3, -0.25) is 4.79 Å². The molecule has 0 aromatic heterocycles. The predicted molar refractivity (Wildman–Crippen MR) is 40.2 cm³/mol. The summed E-state index contributed by atoms with van der Waals surface area (Å²) in [6.07, 6.45) is 0.962. The second kappa shape index (κ2) is 2.06. The average molecular weight is 204 g/mol. The predicted octanol–water partition coefficient (Wildman–Crippen LogP) is -0.581. The maximum absolute atomic E-state index is 11.3. The van der Waals surface area contributed by atoms with Crippen LogP contribution in [0.25, 0.3) is 0 Å². The van der Waals surface area contributed by atoms with E-state index in [1.807, 2.05) is 0 Å². The fourth-order valence-electron chi connectivity index (χ4n) is 2.51. The van der Waals surface area contributed by atoms with Crippen LogP contribution in [0.2, 0.25) is 0 Å². The van der Waals surface area contributed by atoms with Crippen molar-refractivity contribution >= 4 is 16.1 Å². The van der Waals surface area contributed by atoms with Crippen molar-refractivity contribution in [3.63, 3.8) is 0 Å². The molecule has 4 atom stereocenters. The molecule has 0 aromatic rings. The van der Waals surface area contributed by atoms with Crippen molar-refractivity contribution in [1.29, 1.82) is 0 Å². The molecule has 0 amide bonds. The minimum Gasteiger partial charge on any atom is -0.373 e. The molecule has 0 aliphatic carbocycles. The molecule has 3 rings (SSSR count). The molecule has 3 aliphatic heterocycles. The quantitative estimate of drug-likeness (QED) is 0.494. The van der Waals surface area contributed by atoms with Gasteiger partial charge in [-0.2, -0.15) is 8.42 Å². The Morgan fingerprint density at radius 1 is 1.23 bits per heavy atom. The lowest BCUT2D eigenvalue weighted by molar-refractivity contribution is -0.137. The summed E-state index contributed by atoms with van der Waals surface area (Å²) in [6, 6.07) is 0. The van der Waals surface area contributed by atoms with Crippen LogP contribution in [0.3, 0.4) is 0 Å². The molecule has 0 aromatic carbocycles. The van der Waals surface area contributed by atoms with Crippen LogP contribution < -0.4 is 0 Å². The van der Waals surface area contributed by atoms with E-state index in [-0.39, 0.29) is 12.2 Å². The first-order valence-corrected chi connectivity index (χ1v) is 5.69. The SMILES string of the molecule is O=C1OS(=O)(=O)C2C3CCC(O3)C12. The van der Waals surface area contributed by atoms with Gasteiger partial charge in [-0.15, -0.1) is 0 Å². The van der Waals surface area contributed by atoms with Gasteiger partial charge in [0.05, 0.1) is 12.2 Å². The largest absolute Gasteiger partial charge is 0.373 e. The van der Waals surface area contributed by atoms with Crippen molar-refractivity contribution in [2.24, 2.45) is 5.92 Å². The maximum atomic E-state index is 11.3. The van der Waals surface area contributed by atoms with Crippen LogP contribution in [0.15, 0.2) is 0 Å². The average Bonchev–Trinajstić information content (AvgIpc) is 2.63. The lowest BCUT2D eigenvalue weighted by Crippen LogP contribution is -2.34. The Bertz CT molecular complexity index is 372. The molecule has 3 heterocycles. The van der Waals surface area contributed by atoms with E-state index in [1.165, 1.54) is 0 Å². The zero-order valence-electron chi connectivity index (χ0n) is 6.67. The molecule has 2 bridgehead atoms. The molecule has 13 heavy (non-hydrogen) atoms. The van der Waals surface area contributed by atoms with Crippen LogP contribution in [-0.4, -0.2) is 31.8 Å². The minimum atomic E-state index is -3.68. The van der Waals surface area contributed by atoms with Gasteiger partial charge in [-0.05, 0) is 12.8 Å². The van der Waals surface area contributed by atoms with Crippen molar-refractivity contribution in [1.82, 2.24) is 0 Å². The highest BCUT2D eigenvalue weighted by Crippen LogP contribution is 2.47. The van der Waals surface area contributed by atoms with E-state index >= 15 is 0 Å². The number of hydrogen-bond acceptors (Lipinski definition) is 5. The normalized spacial score (nSPS) is 50.6. The van der Waals surface area contributed by atoms with Crippen LogP contribution in [0, 0.1) is 5.92 Å². The number of fused-ring (bicyclic) bond motifs is 5. The smallest absolute Gasteiger partial charge is 0.329 e. The van der Waals surface area contributed by atoms with Gasteiger partial charge in [-0.25, -0.2) is 0 Å². The molecule has 0 spiro atoms. The van der Waals surface area contributed by atoms with Gasteiger partial charge in [0.25, 0.3) is 0 Å². The van der Waals surface area contributed by atoms with Gasteiger partial charge >= 0.3 is 16.1 Å². The van der Waals surface area contributed by atoms with Gasteiger partial charge in [0.15, 0.2) is 0 Å². The monoisotopic (exact) mass is 204 g/mol. The Morgan fingerprint density at radius 2 is 1.92 bits per heavy atom. The first-order chi connectivity index (χ1) is 6.09. The van der Waals surface area contributed by atoms with E-state index in [1.54, 1.807) is 0 Å². The second-order valence-corrected chi connectivity index (χ2v) is 5.37. The Hall–Kier alpha value is -0.620. The number of carbonyl (C=O) groups excluding carboxylic acids is 1. The number of carbonyl (C=O) groups is 1. The Balaban J connectivity index is 2.11. The molecule has 6 heteroatoms. The minimum absolute atomic E-state index is 0.222. The summed E-state index contributed by atoms with van der Waals surface area (Å²) >= 11 is 0. The number of ether oxygens (including phenoxy) is 1. The lowest BCUT2D eigenvalue weighted by atomic mass is 9.89. The highest BCUT2D eigenvalue weighted by molar-refractivity contribution is 7.88. The van der Waals surface area contributed by atoms with Crippen LogP contribution in [0.1, 0.15) is 12.8 Å². The summed E-state index contributed by atoms with van der Waals surface area (Å²) in [6.45, 7) is 0. The first-order valence-electron chi connectivity index (χ1n) is 4.22. The molecule has 72 valence electrons. The van der Waals surface area contributed by atoms with Gasteiger partial charge in [0, 0.05) is 0 Å². The van der Waals surface area contributed by atoms with E-state index in [0.29, 0.717) is 0 Å². The summed E-state index contributed by atoms with van der Waals surface area (Å²) in [7, 11) is -3.68. The van der Waals surface area contributed by atoms with E-state index in [2.05, 4.69) is 4.18 Å². The molecule has 0 saturated carbocycles. The Morgan fingerprint density at radius 3 is 2.62 bits per heavy atom. The van der Waals surface area contributed by atoms with Crippen molar-refractivity contribution < 1.29 is 22.1 Å². The molecule has 4 unspecified atom stereocenters. The van der Waals surface area contributed by atoms with Crippen LogP contribution in [0.5, 0.6) is 0 Å². The summed E-state index contributed by atoms with van der Waals surface area (Å²) in [4.78, 5) is 11.2. The standard InChI is InChI=1S/C7H8O5S/c8-7-5-3-1-2-4(11-3)6(5)13(9,10)12-7/h3-6H,1-2H2. The molecule has 3 fully saturated rings. The van der Waals surface area contributed by atoms with Gasteiger partial charge in [0.1, 0.15) is 11.2 Å². The van der Waals surface area contributed by atoms with Crippen molar-refractivity contribution in [2.75, 3.05) is 0 Å². The zero-order chi connectivity index (χ0) is 9.22. The fourth-order valence-corrected chi connectivity index (χ4v) is 4.18. The maximum Gasteiger partial charge on any atom is 0.329 e. The molecule has 5 nitrogen and oxygen atoms in total. The van der Waals surface area contributed by atoms with E-state index in [0.717, 1.165) is 12.8 Å². The van der Waals surface area contributed by atoms with E-state index in [9.17, 15) is 13.2 Å². The summed E-state index contributed by atoms with van der Waals surface area (Å²) in [5.41, 5.74) is 0. The van der Waals surface area contributed by atoms with Gasteiger partial charge in [-0.1, -0.05) is 0 Å². The highest BCUT2D eigenvalue weighted by atomic mass is 32.2. The molecular formula is C7H8O5S. The third kappa shape index (κ3) is 0.800. The number of rotatable bonds is 0. The summed E-state index contributed by atoms with van der Waals surface area (Å²) in [5.74, 6) is -1.18. The third-order valence-corrected chi connectivity index (χ3v) is 4.67. The van der Waals surface area contributed by atoms with Crippen molar-refractivity contribution in [3.05, 3.63) is 0 Å². The van der Waals surface area contributed by atoms with Crippen LogP contribution in [0.4, 0.5) is 0 Å². The number of hydrogen-bond donors (Lipinski definition) is 0. The summed E-state index contributed by atoms with van der Waals surface area (Å²) in [5, 5.41) is -0.723.